The molecule has 0 saturated heterocycles. The van der Waals surface area contributed by atoms with Crippen LogP contribution in [0.25, 0.3) is 22.2 Å². The molecule has 1 aromatic carbocycles. The van der Waals surface area contributed by atoms with E-state index in [-0.39, 0.29) is 24.1 Å². The number of aromatic nitrogens is 3. The number of H-pyrrole nitrogens is 1. The molecular weight excluding hydrogens is 387 g/mol. The molecule has 1 N–H and O–H groups in total. The Balaban J connectivity index is 1.80. The second-order valence-corrected chi connectivity index (χ2v) is 7.18. The van der Waals surface area contributed by atoms with Crippen LogP contribution in [-0.2, 0) is 34.3 Å². The van der Waals surface area contributed by atoms with E-state index in [2.05, 4.69) is 10.1 Å². The van der Waals surface area contributed by atoms with Gasteiger partial charge in [0.15, 0.2) is 12.4 Å². The van der Waals surface area contributed by atoms with Crippen LogP contribution in [0, 0.1) is 5.82 Å². The van der Waals surface area contributed by atoms with Crippen molar-refractivity contribution in [1.82, 2.24) is 19.7 Å². The van der Waals surface area contributed by atoms with Crippen molar-refractivity contribution >= 4 is 34.4 Å². The zero-order valence-electron chi connectivity index (χ0n) is 15.4. The molecule has 3 aromatic rings. The summed E-state index contributed by atoms with van der Waals surface area (Å²) in [7, 11) is 1.80. The Morgan fingerprint density at radius 2 is 2.21 bits per heavy atom. The van der Waals surface area contributed by atoms with Crippen molar-refractivity contribution in [2.45, 2.75) is 19.9 Å². The maximum Gasteiger partial charge on any atom is 0.303 e. The van der Waals surface area contributed by atoms with Gasteiger partial charge in [0.2, 0.25) is 0 Å². The molecule has 0 aliphatic carbocycles. The van der Waals surface area contributed by atoms with Gasteiger partial charge in [-0.05, 0) is 12.1 Å². The second kappa shape index (κ2) is 6.94. The van der Waals surface area contributed by atoms with Gasteiger partial charge in [-0.1, -0.05) is 11.6 Å². The van der Waals surface area contributed by atoms with E-state index in [1.54, 1.807) is 28.9 Å². The van der Waals surface area contributed by atoms with E-state index in [9.17, 15) is 14.0 Å². The molecule has 0 unspecified atom stereocenters. The minimum absolute atomic E-state index is 0.00883. The highest BCUT2D eigenvalue weighted by Crippen LogP contribution is 2.39. The summed E-state index contributed by atoms with van der Waals surface area (Å²) in [6.07, 6.45) is 2.33. The number of halogens is 2. The topological polar surface area (TPSA) is 80.2 Å². The van der Waals surface area contributed by atoms with Crippen LogP contribution in [0.4, 0.5) is 4.39 Å². The van der Waals surface area contributed by atoms with Gasteiger partial charge in [0, 0.05) is 61.9 Å². The van der Waals surface area contributed by atoms with E-state index in [4.69, 9.17) is 16.3 Å². The third-order valence-electron chi connectivity index (χ3n) is 4.88. The molecule has 0 fully saturated rings. The van der Waals surface area contributed by atoms with E-state index < -0.39 is 11.8 Å². The van der Waals surface area contributed by atoms with Gasteiger partial charge < -0.3 is 14.6 Å². The van der Waals surface area contributed by atoms with Crippen molar-refractivity contribution in [2.24, 2.45) is 7.05 Å². The largest absolute Gasteiger partial charge is 0.456 e. The number of hydrogen-bond donors (Lipinski definition) is 1. The van der Waals surface area contributed by atoms with Crippen LogP contribution in [-0.4, -0.2) is 44.7 Å². The van der Waals surface area contributed by atoms with Gasteiger partial charge in [0.1, 0.15) is 0 Å². The fraction of sp³-hybridized carbons (Fsp3) is 0.316. The van der Waals surface area contributed by atoms with Crippen molar-refractivity contribution < 1.29 is 18.7 Å². The first kappa shape index (κ1) is 18.5. The van der Waals surface area contributed by atoms with Crippen molar-refractivity contribution in [3.8, 4) is 11.3 Å². The molecule has 0 bridgehead atoms. The fourth-order valence-electron chi connectivity index (χ4n) is 3.57. The van der Waals surface area contributed by atoms with E-state index in [0.29, 0.717) is 35.1 Å². The monoisotopic (exact) mass is 404 g/mol. The molecule has 2 aromatic heterocycles. The fourth-order valence-corrected chi connectivity index (χ4v) is 3.77. The summed E-state index contributed by atoms with van der Waals surface area (Å²) in [4.78, 5) is 28.1. The van der Waals surface area contributed by atoms with Crippen LogP contribution in [0.5, 0.6) is 0 Å². The zero-order chi connectivity index (χ0) is 20.0. The van der Waals surface area contributed by atoms with Crippen LogP contribution >= 0.6 is 11.6 Å². The lowest BCUT2D eigenvalue weighted by Crippen LogP contribution is -2.38. The van der Waals surface area contributed by atoms with Crippen molar-refractivity contribution in [3.63, 3.8) is 0 Å². The predicted octanol–water partition coefficient (Wildman–Crippen LogP) is 2.81. The summed E-state index contributed by atoms with van der Waals surface area (Å²) >= 11 is 6.12. The lowest BCUT2D eigenvalue weighted by molar-refractivity contribution is -0.150. The van der Waals surface area contributed by atoms with E-state index >= 15 is 0 Å². The average Bonchev–Trinajstić information content (AvgIpc) is 3.26. The minimum atomic E-state index is -0.525. The number of rotatable bonds is 3. The lowest BCUT2D eigenvalue weighted by Gasteiger charge is -2.27. The summed E-state index contributed by atoms with van der Waals surface area (Å²) in [5, 5.41) is 5.09. The normalized spacial score (nSPS) is 13.6. The van der Waals surface area contributed by atoms with Crippen molar-refractivity contribution in [1.29, 1.82) is 0 Å². The molecule has 0 radical (unpaired) electrons. The molecule has 146 valence electrons. The van der Waals surface area contributed by atoms with E-state index in [1.165, 1.54) is 6.92 Å². The number of nitrogens with one attached hydrogen (secondary N) is 1. The van der Waals surface area contributed by atoms with Gasteiger partial charge in [0.05, 0.1) is 16.2 Å². The van der Waals surface area contributed by atoms with Crippen molar-refractivity contribution in [2.75, 3.05) is 13.2 Å². The number of fused-ring (bicyclic) bond motifs is 3. The number of carbonyl (C=O) groups excluding carboxylic acids is 2. The Bertz CT molecular complexity index is 1100. The molecule has 1 aliphatic heterocycles. The Kier molecular flexibility index (Phi) is 4.58. The molecule has 7 nitrogen and oxygen atoms in total. The van der Waals surface area contributed by atoms with Crippen LogP contribution in [0.2, 0.25) is 5.02 Å². The summed E-state index contributed by atoms with van der Waals surface area (Å²) in [6, 6.07) is 3.39. The number of carbonyl (C=O) groups is 2. The van der Waals surface area contributed by atoms with Crippen LogP contribution in [0.3, 0.4) is 0 Å². The number of hydrogen-bond acceptors (Lipinski definition) is 4. The zero-order valence-corrected chi connectivity index (χ0v) is 16.1. The Morgan fingerprint density at radius 3 is 2.89 bits per heavy atom. The number of ether oxygens (including phenoxy) is 1. The third kappa shape index (κ3) is 3.13. The number of aromatic amines is 1. The van der Waals surface area contributed by atoms with Crippen molar-refractivity contribution in [3.05, 3.63) is 40.4 Å². The summed E-state index contributed by atoms with van der Waals surface area (Å²) in [5.74, 6) is -1.32. The average molecular weight is 405 g/mol. The number of nitrogens with zero attached hydrogens (tertiary/aromatic N) is 3. The Hall–Kier alpha value is -2.87. The first-order valence-electron chi connectivity index (χ1n) is 8.77. The smallest absolute Gasteiger partial charge is 0.303 e. The first-order valence-corrected chi connectivity index (χ1v) is 9.15. The molecule has 9 heteroatoms. The number of esters is 1. The predicted molar refractivity (Wildman–Crippen MR) is 101 cm³/mol. The molecule has 1 aliphatic rings. The second-order valence-electron chi connectivity index (χ2n) is 6.77. The number of benzene rings is 1. The van der Waals surface area contributed by atoms with Gasteiger partial charge in [0.25, 0.3) is 5.91 Å². The van der Waals surface area contributed by atoms with Gasteiger partial charge in [-0.2, -0.15) is 5.10 Å². The van der Waals surface area contributed by atoms with E-state index in [1.807, 2.05) is 6.07 Å². The molecule has 1 amide bonds. The minimum Gasteiger partial charge on any atom is -0.456 e. The van der Waals surface area contributed by atoms with Gasteiger partial charge >= 0.3 is 5.97 Å². The van der Waals surface area contributed by atoms with Gasteiger partial charge in [-0.15, -0.1) is 0 Å². The first-order chi connectivity index (χ1) is 13.3. The summed E-state index contributed by atoms with van der Waals surface area (Å²) in [6.45, 7) is 1.69. The molecule has 28 heavy (non-hydrogen) atoms. The van der Waals surface area contributed by atoms with Crippen LogP contribution < -0.4 is 0 Å². The quantitative estimate of drug-likeness (QED) is 0.681. The van der Waals surface area contributed by atoms with E-state index in [0.717, 1.165) is 11.3 Å². The standard InChI is InChI=1S/C19H18ClFN4O3/c1-10(26)28-9-16(27)25-6-4-14-12(8-25)17-11(15-3-5-24(2)23-15)7-13(20)18(21)19(17)22-14/h3,5,7,22H,4,6,8-9H2,1-2H3. The highest BCUT2D eigenvalue weighted by atomic mass is 35.5. The molecule has 0 spiro atoms. The molecular formula is C19H18ClFN4O3. The lowest BCUT2D eigenvalue weighted by atomic mass is 9.99. The summed E-state index contributed by atoms with van der Waals surface area (Å²) in [5.41, 5.74) is 3.37. The molecule has 0 saturated carbocycles. The van der Waals surface area contributed by atoms with Gasteiger partial charge in [-0.3, -0.25) is 14.3 Å². The Labute approximate surface area is 165 Å². The maximum absolute atomic E-state index is 14.7. The SMILES string of the molecule is CC(=O)OCC(=O)N1CCc2[nH]c3c(F)c(Cl)cc(-c4ccn(C)n4)c3c2C1. The Morgan fingerprint density at radius 1 is 1.43 bits per heavy atom. The number of aryl methyl sites for hydroxylation is 1. The highest BCUT2D eigenvalue weighted by Gasteiger charge is 2.28. The third-order valence-corrected chi connectivity index (χ3v) is 5.16. The molecule has 4 rings (SSSR count). The number of amides is 1. The molecule has 3 heterocycles. The molecule has 0 atom stereocenters. The van der Waals surface area contributed by atoms with Crippen LogP contribution in [0.1, 0.15) is 18.2 Å². The summed E-state index contributed by atoms with van der Waals surface area (Å²) < 4.78 is 21.2. The van der Waals surface area contributed by atoms with Crippen LogP contribution in [0.15, 0.2) is 18.3 Å². The highest BCUT2D eigenvalue weighted by molar-refractivity contribution is 6.32. The van der Waals surface area contributed by atoms with Gasteiger partial charge in [-0.25, -0.2) is 4.39 Å². The maximum atomic E-state index is 14.7.